The highest BCUT2D eigenvalue weighted by atomic mass is 35.5. The van der Waals surface area contributed by atoms with Gasteiger partial charge in [-0.3, -0.25) is 4.79 Å². The van der Waals surface area contributed by atoms with E-state index in [0.717, 1.165) is 16.6 Å². The number of amides is 1. The lowest BCUT2D eigenvalue weighted by Crippen LogP contribution is -2.19. The average molecular weight is 452 g/mol. The SMILES string of the molecule is O=C(CSc1nc2ccccc2o1)N/N=C\c1cccc(OCc2ccccc2Cl)c1. The number of rotatable bonds is 8. The van der Waals surface area contributed by atoms with E-state index in [9.17, 15) is 4.79 Å². The van der Waals surface area contributed by atoms with Gasteiger partial charge in [-0.15, -0.1) is 0 Å². The minimum Gasteiger partial charge on any atom is -0.489 e. The van der Waals surface area contributed by atoms with Crippen LogP contribution in [-0.4, -0.2) is 22.9 Å². The van der Waals surface area contributed by atoms with Crippen molar-refractivity contribution in [2.75, 3.05) is 5.75 Å². The van der Waals surface area contributed by atoms with Gasteiger partial charge in [0.05, 0.1) is 12.0 Å². The second-order valence-electron chi connectivity index (χ2n) is 6.48. The standard InChI is InChI=1S/C23H18ClN3O3S/c24-19-9-2-1-7-17(19)14-29-18-8-5-6-16(12-18)13-25-27-22(28)15-31-23-26-20-10-3-4-11-21(20)30-23/h1-13H,14-15H2,(H,27,28)/b25-13-. The monoisotopic (exact) mass is 451 g/mol. The molecule has 8 heteroatoms. The number of nitrogens with one attached hydrogen (secondary N) is 1. The van der Waals surface area contributed by atoms with Crippen molar-refractivity contribution >= 4 is 46.6 Å². The van der Waals surface area contributed by atoms with E-state index in [1.54, 1.807) is 6.21 Å². The van der Waals surface area contributed by atoms with Gasteiger partial charge < -0.3 is 9.15 Å². The van der Waals surface area contributed by atoms with E-state index in [-0.39, 0.29) is 11.7 Å². The molecule has 1 amide bonds. The molecule has 0 atom stereocenters. The topological polar surface area (TPSA) is 76.7 Å². The Balaban J connectivity index is 1.26. The number of hydrazone groups is 1. The van der Waals surface area contributed by atoms with Crippen molar-refractivity contribution in [2.45, 2.75) is 11.8 Å². The molecule has 0 aliphatic carbocycles. The molecule has 4 aromatic rings. The number of aromatic nitrogens is 1. The minimum atomic E-state index is -0.255. The molecule has 0 spiro atoms. The normalized spacial score (nSPS) is 11.1. The van der Waals surface area contributed by atoms with Crippen molar-refractivity contribution in [1.82, 2.24) is 10.4 Å². The number of carbonyl (C=O) groups is 1. The second kappa shape index (κ2) is 10.1. The van der Waals surface area contributed by atoms with Gasteiger partial charge in [-0.1, -0.05) is 65.8 Å². The van der Waals surface area contributed by atoms with Crippen LogP contribution >= 0.6 is 23.4 Å². The summed E-state index contributed by atoms with van der Waals surface area (Å²) < 4.78 is 11.4. The zero-order valence-corrected chi connectivity index (χ0v) is 17.9. The molecule has 1 N–H and O–H groups in total. The van der Waals surface area contributed by atoms with Gasteiger partial charge in [-0.25, -0.2) is 10.4 Å². The van der Waals surface area contributed by atoms with Crippen molar-refractivity contribution < 1.29 is 13.9 Å². The molecule has 6 nitrogen and oxygen atoms in total. The minimum absolute atomic E-state index is 0.144. The molecule has 0 fully saturated rings. The first-order chi connectivity index (χ1) is 15.2. The van der Waals surface area contributed by atoms with Crippen LogP contribution in [-0.2, 0) is 11.4 Å². The summed E-state index contributed by atoms with van der Waals surface area (Å²) in [6, 6.07) is 22.4. The Bertz CT molecular complexity index is 1190. The van der Waals surface area contributed by atoms with E-state index in [1.165, 1.54) is 11.8 Å². The number of hydrogen-bond donors (Lipinski definition) is 1. The van der Waals surface area contributed by atoms with Crippen LogP contribution in [0.15, 0.2) is 87.5 Å². The van der Waals surface area contributed by atoms with E-state index in [1.807, 2.05) is 72.8 Å². The number of oxazole rings is 1. The highest BCUT2D eigenvalue weighted by Crippen LogP contribution is 2.23. The first-order valence-electron chi connectivity index (χ1n) is 9.44. The number of benzene rings is 3. The summed E-state index contributed by atoms with van der Waals surface area (Å²) in [7, 11) is 0. The molecule has 0 aliphatic heterocycles. The largest absolute Gasteiger partial charge is 0.489 e. The van der Waals surface area contributed by atoms with E-state index in [0.29, 0.717) is 28.2 Å². The fourth-order valence-electron chi connectivity index (χ4n) is 2.71. The van der Waals surface area contributed by atoms with Crippen molar-refractivity contribution in [3.05, 3.63) is 88.9 Å². The smallest absolute Gasteiger partial charge is 0.257 e. The van der Waals surface area contributed by atoms with Gasteiger partial charge in [-0.2, -0.15) is 5.10 Å². The summed E-state index contributed by atoms with van der Waals surface area (Å²) >= 11 is 7.37. The van der Waals surface area contributed by atoms with Gasteiger partial charge in [0.1, 0.15) is 17.9 Å². The van der Waals surface area contributed by atoms with Crippen LogP contribution in [0.1, 0.15) is 11.1 Å². The predicted molar refractivity (Wildman–Crippen MR) is 123 cm³/mol. The number of para-hydroxylation sites is 2. The lowest BCUT2D eigenvalue weighted by Gasteiger charge is -2.08. The van der Waals surface area contributed by atoms with E-state index >= 15 is 0 Å². The number of thioether (sulfide) groups is 1. The summed E-state index contributed by atoms with van der Waals surface area (Å²) in [5.74, 6) is 0.571. The molecular formula is C23H18ClN3O3S. The summed E-state index contributed by atoms with van der Waals surface area (Å²) in [5.41, 5.74) is 5.66. The molecule has 156 valence electrons. The van der Waals surface area contributed by atoms with Gasteiger partial charge in [0, 0.05) is 10.6 Å². The number of ether oxygens (including phenoxy) is 1. The Morgan fingerprint density at radius 2 is 1.97 bits per heavy atom. The van der Waals surface area contributed by atoms with E-state index in [4.69, 9.17) is 20.8 Å². The Labute approximate surface area is 188 Å². The maximum atomic E-state index is 12.0. The molecule has 0 saturated heterocycles. The van der Waals surface area contributed by atoms with Crippen LogP contribution in [0.3, 0.4) is 0 Å². The number of hydrogen-bond acceptors (Lipinski definition) is 6. The van der Waals surface area contributed by atoms with Crippen LogP contribution in [0.2, 0.25) is 5.02 Å². The predicted octanol–water partition coefficient (Wildman–Crippen LogP) is 5.30. The number of nitrogens with zero attached hydrogens (tertiary/aromatic N) is 2. The third-order valence-corrected chi connectivity index (χ3v) is 5.41. The zero-order valence-electron chi connectivity index (χ0n) is 16.3. The van der Waals surface area contributed by atoms with Crippen molar-refractivity contribution in [3.63, 3.8) is 0 Å². The molecule has 0 bridgehead atoms. The second-order valence-corrected chi connectivity index (χ2v) is 7.82. The molecule has 4 rings (SSSR count). The van der Waals surface area contributed by atoms with Gasteiger partial charge in [0.15, 0.2) is 5.58 Å². The summed E-state index contributed by atoms with van der Waals surface area (Å²) in [4.78, 5) is 16.4. The average Bonchev–Trinajstić information content (AvgIpc) is 3.21. The number of halogens is 1. The molecule has 0 saturated carbocycles. The highest BCUT2D eigenvalue weighted by Gasteiger charge is 2.08. The quantitative estimate of drug-likeness (QED) is 0.223. The molecule has 1 heterocycles. The lowest BCUT2D eigenvalue weighted by atomic mass is 10.2. The molecule has 0 unspecified atom stereocenters. The van der Waals surface area contributed by atoms with Crippen LogP contribution < -0.4 is 10.2 Å². The molecule has 1 aromatic heterocycles. The van der Waals surface area contributed by atoms with E-state index in [2.05, 4.69) is 15.5 Å². The van der Waals surface area contributed by atoms with Crippen LogP contribution in [0.5, 0.6) is 5.75 Å². The number of carbonyl (C=O) groups excluding carboxylic acids is 1. The first-order valence-corrected chi connectivity index (χ1v) is 10.8. The Morgan fingerprint density at radius 3 is 2.84 bits per heavy atom. The van der Waals surface area contributed by atoms with Gasteiger partial charge in [0.2, 0.25) is 0 Å². The van der Waals surface area contributed by atoms with Crippen molar-refractivity contribution in [3.8, 4) is 5.75 Å². The van der Waals surface area contributed by atoms with Crippen molar-refractivity contribution in [2.24, 2.45) is 5.10 Å². The number of fused-ring (bicyclic) bond motifs is 1. The lowest BCUT2D eigenvalue weighted by molar-refractivity contribution is -0.118. The fourth-order valence-corrected chi connectivity index (χ4v) is 3.53. The third-order valence-electron chi connectivity index (χ3n) is 4.21. The van der Waals surface area contributed by atoms with Gasteiger partial charge >= 0.3 is 0 Å². The van der Waals surface area contributed by atoms with Gasteiger partial charge in [-0.05, 0) is 35.9 Å². The molecule has 0 radical (unpaired) electrons. The summed E-state index contributed by atoms with van der Waals surface area (Å²) in [6.07, 6.45) is 1.56. The van der Waals surface area contributed by atoms with Gasteiger partial charge in [0.25, 0.3) is 11.1 Å². The van der Waals surface area contributed by atoms with Crippen LogP contribution in [0.25, 0.3) is 11.1 Å². The molecular weight excluding hydrogens is 434 g/mol. The molecule has 3 aromatic carbocycles. The van der Waals surface area contributed by atoms with Crippen molar-refractivity contribution in [1.29, 1.82) is 0 Å². The summed E-state index contributed by atoms with van der Waals surface area (Å²) in [6.45, 7) is 0.365. The third kappa shape index (κ3) is 5.87. The van der Waals surface area contributed by atoms with Crippen LogP contribution in [0, 0.1) is 0 Å². The van der Waals surface area contributed by atoms with Crippen LogP contribution in [0.4, 0.5) is 0 Å². The first kappa shape index (κ1) is 21.0. The molecule has 0 aliphatic rings. The maximum Gasteiger partial charge on any atom is 0.257 e. The highest BCUT2D eigenvalue weighted by molar-refractivity contribution is 7.99. The Hall–Kier alpha value is -3.29. The molecule has 31 heavy (non-hydrogen) atoms. The van der Waals surface area contributed by atoms with E-state index < -0.39 is 0 Å². The fraction of sp³-hybridized carbons (Fsp3) is 0.0870. The Morgan fingerprint density at radius 1 is 1.13 bits per heavy atom. The summed E-state index contributed by atoms with van der Waals surface area (Å²) in [5, 5.41) is 5.12. The Kier molecular flexibility index (Phi) is 6.86. The maximum absolute atomic E-state index is 12.0. The zero-order chi connectivity index (χ0) is 21.5.